The standard InChI is InChI=1S/C20F18GeO2/c21-1-4(24)10(30)16(11(31)5(1)25)39(41-19(40)20(36,37)38,17-12(32)6(26)2(22)7(27)13(17)33)18-14(34)8(28)3(23)9(29)15(18)35. The Morgan fingerprint density at radius 3 is 0.732 bits per heavy atom. The fraction of sp³-hybridized carbons (Fsp3) is 0.0500. The summed E-state index contributed by atoms with van der Waals surface area (Å²) in [6.07, 6.45) is -6.66. The summed E-state index contributed by atoms with van der Waals surface area (Å²) in [4.78, 5) is 11.8. The van der Waals surface area contributed by atoms with Crippen LogP contribution in [0.1, 0.15) is 0 Å². The van der Waals surface area contributed by atoms with E-state index in [1.54, 1.807) is 0 Å². The topological polar surface area (TPSA) is 26.3 Å². The zero-order chi connectivity index (χ0) is 31.7. The van der Waals surface area contributed by atoms with E-state index in [2.05, 4.69) is 3.76 Å². The van der Waals surface area contributed by atoms with Gasteiger partial charge in [-0.15, -0.1) is 0 Å². The van der Waals surface area contributed by atoms with Gasteiger partial charge in [-0.05, 0) is 0 Å². The zero-order valence-electron chi connectivity index (χ0n) is 18.1. The van der Waals surface area contributed by atoms with Crippen molar-refractivity contribution >= 4 is 32.8 Å². The molecule has 0 N–H and O–H groups in total. The SMILES string of the molecule is O=C([O][Ge]([c]1c(F)c(F)c(F)c(F)c1F)([c]1c(F)c(F)c(F)c(F)c1F)[c]1c(F)c(F)c(F)c(F)c1F)C(F)(F)F. The van der Waals surface area contributed by atoms with Crippen LogP contribution in [0.3, 0.4) is 0 Å². The quantitative estimate of drug-likeness (QED) is 0.170. The van der Waals surface area contributed by atoms with Crippen LogP contribution in [-0.2, 0) is 8.56 Å². The molecule has 0 spiro atoms. The summed E-state index contributed by atoms with van der Waals surface area (Å²) in [7, 11) is 0. The van der Waals surface area contributed by atoms with Gasteiger partial charge < -0.3 is 0 Å². The maximum absolute atomic E-state index is 14.9. The average Bonchev–Trinajstić information content (AvgIpc) is 2.90. The number of halogens is 18. The molecular formula is C20F18GeO2. The monoisotopic (exact) mass is 688 g/mol. The van der Waals surface area contributed by atoms with E-state index >= 15 is 0 Å². The molecule has 0 aliphatic rings. The molecule has 2 nitrogen and oxygen atoms in total. The van der Waals surface area contributed by atoms with Gasteiger partial charge in [-0.2, -0.15) is 0 Å². The van der Waals surface area contributed by atoms with E-state index in [0.29, 0.717) is 0 Å². The van der Waals surface area contributed by atoms with Crippen molar-refractivity contribution in [2.45, 2.75) is 6.18 Å². The molecule has 3 aromatic carbocycles. The van der Waals surface area contributed by atoms with E-state index in [1.807, 2.05) is 0 Å². The molecule has 0 aliphatic carbocycles. The summed E-state index contributed by atoms with van der Waals surface area (Å²) in [5.74, 6) is -56.1. The minimum absolute atomic E-state index is 3.27. The molecule has 222 valence electrons. The average molecular weight is 687 g/mol. The predicted molar refractivity (Wildman–Crippen MR) is 95.5 cm³/mol. The Morgan fingerprint density at radius 1 is 0.390 bits per heavy atom. The van der Waals surface area contributed by atoms with Gasteiger partial charge in [-0.1, -0.05) is 0 Å². The summed E-state index contributed by atoms with van der Waals surface area (Å²) >= 11 is -9.20. The number of hydrogen-bond donors (Lipinski definition) is 0. The zero-order valence-corrected chi connectivity index (χ0v) is 20.2. The molecule has 0 unspecified atom stereocenters. The summed E-state index contributed by atoms with van der Waals surface area (Å²) in [5.41, 5.74) is 0. The second-order valence-electron chi connectivity index (χ2n) is 7.40. The van der Waals surface area contributed by atoms with Crippen molar-refractivity contribution in [1.82, 2.24) is 0 Å². The van der Waals surface area contributed by atoms with Crippen molar-refractivity contribution in [2.24, 2.45) is 0 Å². The first kappa shape index (κ1) is 31.9. The Morgan fingerprint density at radius 2 is 0.561 bits per heavy atom. The molecule has 0 radical (unpaired) electrons. The molecule has 41 heavy (non-hydrogen) atoms. The summed E-state index contributed by atoms with van der Waals surface area (Å²) in [5, 5.41) is 0. The van der Waals surface area contributed by atoms with Crippen LogP contribution < -0.4 is 13.2 Å². The molecular weight excluding hydrogens is 687 g/mol. The molecule has 0 saturated heterocycles. The van der Waals surface area contributed by atoms with Crippen LogP contribution in [0.15, 0.2) is 0 Å². The molecule has 3 rings (SSSR count). The summed E-state index contributed by atoms with van der Waals surface area (Å²) in [6, 6.07) is 0. The Hall–Kier alpha value is -3.59. The molecule has 0 atom stereocenters. The van der Waals surface area contributed by atoms with Gasteiger partial charge in [0.1, 0.15) is 0 Å². The van der Waals surface area contributed by atoms with Gasteiger partial charge in [0.25, 0.3) is 0 Å². The predicted octanol–water partition coefficient (Wildman–Crippen LogP) is 4.85. The van der Waals surface area contributed by atoms with Crippen LogP contribution in [0.5, 0.6) is 0 Å². The van der Waals surface area contributed by atoms with Crippen molar-refractivity contribution in [3.63, 3.8) is 0 Å². The second kappa shape index (κ2) is 10.4. The summed E-state index contributed by atoms with van der Waals surface area (Å²) in [6.45, 7) is 0. The van der Waals surface area contributed by atoms with Crippen molar-refractivity contribution in [2.75, 3.05) is 0 Å². The van der Waals surface area contributed by atoms with E-state index in [-0.39, 0.29) is 0 Å². The van der Waals surface area contributed by atoms with Gasteiger partial charge >= 0.3 is 214 Å². The molecule has 3 aromatic rings. The van der Waals surface area contributed by atoms with Crippen molar-refractivity contribution in [3.05, 3.63) is 87.3 Å². The third kappa shape index (κ3) is 4.54. The molecule has 0 aliphatic heterocycles. The molecule has 0 bridgehead atoms. The number of carbonyl (C=O) groups excluding carboxylic acids is 1. The first-order valence-corrected chi connectivity index (χ1v) is 13.5. The van der Waals surface area contributed by atoms with Gasteiger partial charge in [-0.3, -0.25) is 0 Å². The fourth-order valence-corrected chi connectivity index (χ4v) is 11.8. The van der Waals surface area contributed by atoms with Crippen molar-refractivity contribution in [1.29, 1.82) is 0 Å². The first-order valence-electron chi connectivity index (χ1n) is 9.51. The number of benzene rings is 3. The van der Waals surface area contributed by atoms with Crippen LogP contribution in [0.4, 0.5) is 79.0 Å². The van der Waals surface area contributed by atoms with E-state index in [1.165, 1.54) is 0 Å². The molecule has 0 fully saturated rings. The Kier molecular flexibility index (Phi) is 8.06. The molecule has 0 aromatic heterocycles. The number of hydrogen-bond acceptors (Lipinski definition) is 2. The Balaban J connectivity index is 2.93. The van der Waals surface area contributed by atoms with Crippen LogP contribution in [0.2, 0.25) is 0 Å². The summed E-state index contributed by atoms with van der Waals surface area (Å²) < 4.78 is 248. The minimum atomic E-state index is -9.20. The van der Waals surface area contributed by atoms with Gasteiger partial charge in [0, 0.05) is 0 Å². The van der Waals surface area contributed by atoms with E-state index in [0.717, 1.165) is 0 Å². The van der Waals surface area contributed by atoms with Crippen LogP contribution in [0.25, 0.3) is 0 Å². The first-order chi connectivity index (χ1) is 18.7. The molecule has 0 amide bonds. The van der Waals surface area contributed by atoms with Gasteiger partial charge in [0.2, 0.25) is 0 Å². The van der Waals surface area contributed by atoms with Gasteiger partial charge in [-0.25, -0.2) is 0 Å². The van der Waals surface area contributed by atoms with Crippen LogP contribution in [-0.4, -0.2) is 25.7 Å². The van der Waals surface area contributed by atoms with Gasteiger partial charge in [0.05, 0.1) is 0 Å². The van der Waals surface area contributed by atoms with E-state index in [4.69, 9.17) is 0 Å². The van der Waals surface area contributed by atoms with Crippen LogP contribution in [0, 0.1) is 87.3 Å². The normalized spacial score (nSPS) is 12.2. The Bertz CT molecular complexity index is 1380. The van der Waals surface area contributed by atoms with E-state index < -0.39 is 126 Å². The van der Waals surface area contributed by atoms with Crippen LogP contribution >= 0.6 is 0 Å². The maximum atomic E-state index is 14.9. The number of carbonyl (C=O) groups is 1. The third-order valence-electron chi connectivity index (χ3n) is 5.16. The van der Waals surface area contributed by atoms with Gasteiger partial charge in [0.15, 0.2) is 0 Å². The third-order valence-corrected chi connectivity index (χ3v) is 13.4. The van der Waals surface area contributed by atoms with E-state index in [9.17, 15) is 83.8 Å². The van der Waals surface area contributed by atoms with Crippen molar-refractivity contribution in [3.8, 4) is 0 Å². The number of rotatable bonds is 4. The Labute approximate surface area is 214 Å². The molecule has 0 saturated carbocycles. The fourth-order valence-electron chi connectivity index (χ4n) is 3.47. The number of alkyl halides is 3. The molecule has 0 heterocycles. The second-order valence-corrected chi connectivity index (χ2v) is 13.8. The molecule has 21 heteroatoms. The van der Waals surface area contributed by atoms with Crippen molar-refractivity contribution < 1.29 is 87.6 Å².